The average molecular weight is 274 g/mol. The summed E-state index contributed by atoms with van der Waals surface area (Å²) >= 11 is 0. The number of carboxylic acid groups (broad SMARTS) is 1. The first-order valence-corrected chi connectivity index (χ1v) is 6.69. The largest absolute Gasteiger partial charge is 0.478 e. The molecule has 0 atom stereocenters. The summed E-state index contributed by atoms with van der Waals surface area (Å²) in [5, 5.41) is 8.77. The standard InChI is InChI=1S/C10H14N2O5S/c1-11(2)18(16,17)6-5-12-7-8(10(14)15)3-4-9(12)13/h3-4,7H,5-6H2,1-2H3,(H,14,15). The third-order valence-corrected chi connectivity index (χ3v) is 4.19. The van der Waals surface area contributed by atoms with E-state index < -0.39 is 21.6 Å². The number of rotatable bonds is 5. The molecule has 0 aliphatic heterocycles. The Balaban J connectivity index is 2.95. The van der Waals surface area contributed by atoms with Crippen LogP contribution in [0.15, 0.2) is 23.1 Å². The average Bonchev–Trinajstić information content (AvgIpc) is 2.27. The van der Waals surface area contributed by atoms with E-state index in [1.807, 2.05) is 0 Å². The van der Waals surface area contributed by atoms with Gasteiger partial charge in [-0.2, -0.15) is 0 Å². The van der Waals surface area contributed by atoms with E-state index in [2.05, 4.69) is 0 Å². The SMILES string of the molecule is CN(C)S(=O)(=O)CCn1cc(C(=O)O)ccc1=O. The molecule has 0 aliphatic carbocycles. The Hall–Kier alpha value is -1.67. The minimum atomic E-state index is -3.42. The van der Waals surface area contributed by atoms with Crippen molar-refractivity contribution in [1.82, 2.24) is 8.87 Å². The highest BCUT2D eigenvalue weighted by Crippen LogP contribution is 1.99. The zero-order chi connectivity index (χ0) is 13.9. The van der Waals surface area contributed by atoms with Gasteiger partial charge in [0.1, 0.15) is 0 Å². The molecule has 100 valence electrons. The quantitative estimate of drug-likeness (QED) is 0.776. The Morgan fingerprint density at radius 1 is 1.39 bits per heavy atom. The fourth-order valence-corrected chi connectivity index (χ4v) is 2.02. The van der Waals surface area contributed by atoms with Gasteiger partial charge < -0.3 is 9.67 Å². The van der Waals surface area contributed by atoms with Crippen LogP contribution in [0, 0.1) is 0 Å². The molecular formula is C10H14N2O5S. The van der Waals surface area contributed by atoms with Crippen LogP contribution in [0.5, 0.6) is 0 Å². The molecule has 0 saturated carbocycles. The highest BCUT2D eigenvalue weighted by Gasteiger charge is 2.14. The van der Waals surface area contributed by atoms with Gasteiger partial charge in [0, 0.05) is 32.9 Å². The molecule has 0 spiro atoms. The van der Waals surface area contributed by atoms with E-state index in [9.17, 15) is 18.0 Å². The summed E-state index contributed by atoms with van der Waals surface area (Å²) in [6.45, 7) is -0.0829. The predicted octanol–water partition coefficient (Wildman–Crippen LogP) is -0.562. The Morgan fingerprint density at radius 3 is 2.50 bits per heavy atom. The van der Waals surface area contributed by atoms with Crippen LogP contribution in [0.4, 0.5) is 0 Å². The summed E-state index contributed by atoms with van der Waals surface area (Å²) in [5.41, 5.74) is -0.495. The molecule has 18 heavy (non-hydrogen) atoms. The number of aromatic carboxylic acids is 1. The molecule has 1 N–H and O–H groups in total. The molecule has 1 heterocycles. The van der Waals surface area contributed by atoms with Gasteiger partial charge in [0.15, 0.2) is 0 Å². The number of carbonyl (C=O) groups is 1. The van der Waals surface area contributed by atoms with E-state index in [-0.39, 0.29) is 17.9 Å². The minimum Gasteiger partial charge on any atom is -0.478 e. The molecule has 7 nitrogen and oxygen atoms in total. The fraction of sp³-hybridized carbons (Fsp3) is 0.400. The van der Waals surface area contributed by atoms with Crippen LogP contribution in [-0.4, -0.2) is 48.2 Å². The zero-order valence-electron chi connectivity index (χ0n) is 10.0. The van der Waals surface area contributed by atoms with Crippen molar-refractivity contribution in [1.29, 1.82) is 0 Å². The van der Waals surface area contributed by atoms with E-state index in [0.717, 1.165) is 21.1 Å². The van der Waals surface area contributed by atoms with Gasteiger partial charge in [0.2, 0.25) is 10.0 Å². The van der Waals surface area contributed by atoms with E-state index in [4.69, 9.17) is 5.11 Å². The second-order valence-corrected chi connectivity index (χ2v) is 6.16. The molecule has 0 aromatic carbocycles. The maximum atomic E-state index is 11.5. The third-order valence-electron chi connectivity index (χ3n) is 2.38. The number of sulfonamides is 1. The summed E-state index contributed by atoms with van der Waals surface area (Å²) in [7, 11) is -0.631. The molecule has 0 aliphatic rings. The van der Waals surface area contributed by atoms with Crippen molar-refractivity contribution < 1.29 is 18.3 Å². The molecule has 1 aromatic heterocycles. The monoisotopic (exact) mass is 274 g/mol. The fourth-order valence-electron chi connectivity index (χ4n) is 1.23. The Labute approximate surface area is 104 Å². The summed E-state index contributed by atoms with van der Waals surface area (Å²) in [4.78, 5) is 22.2. The van der Waals surface area contributed by atoms with Crippen LogP contribution in [0.3, 0.4) is 0 Å². The number of aryl methyl sites for hydroxylation is 1. The minimum absolute atomic E-state index is 0.0585. The van der Waals surface area contributed by atoms with E-state index >= 15 is 0 Å². The van der Waals surface area contributed by atoms with Crippen molar-refractivity contribution in [3.63, 3.8) is 0 Å². The third kappa shape index (κ3) is 3.41. The normalized spacial score (nSPS) is 11.7. The highest BCUT2D eigenvalue weighted by molar-refractivity contribution is 7.89. The van der Waals surface area contributed by atoms with Crippen molar-refractivity contribution in [2.24, 2.45) is 0 Å². The lowest BCUT2D eigenvalue weighted by atomic mass is 10.3. The van der Waals surface area contributed by atoms with Crippen LogP contribution < -0.4 is 5.56 Å². The first kappa shape index (κ1) is 14.4. The highest BCUT2D eigenvalue weighted by atomic mass is 32.2. The van der Waals surface area contributed by atoms with Crippen molar-refractivity contribution >= 4 is 16.0 Å². The van der Waals surface area contributed by atoms with Gasteiger partial charge in [0.05, 0.1) is 11.3 Å². The summed E-state index contributed by atoms with van der Waals surface area (Å²) in [6.07, 6.45) is 1.13. The van der Waals surface area contributed by atoms with Gasteiger partial charge in [-0.15, -0.1) is 0 Å². The smallest absolute Gasteiger partial charge is 0.337 e. The number of carboxylic acids is 1. The molecule has 1 aromatic rings. The van der Waals surface area contributed by atoms with Gasteiger partial charge in [-0.05, 0) is 6.07 Å². The molecule has 0 radical (unpaired) electrons. The van der Waals surface area contributed by atoms with Crippen LogP contribution >= 0.6 is 0 Å². The van der Waals surface area contributed by atoms with Gasteiger partial charge in [0.25, 0.3) is 5.56 Å². The van der Waals surface area contributed by atoms with Crippen molar-refractivity contribution in [3.8, 4) is 0 Å². The van der Waals surface area contributed by atoms with Gasteiger partial charge >= 0.3 is 5.97 Å². The van der Waals surface area contributed by atoms with E-state index in [1.54, 1.807) is 0 Å². The van der Waals surface area contributed by atoms with E-state index in [0.29, 0.717) is 0 Å². The Bertz CT molecular complexity index is 603. The van der Waals surface area contributed by atoms with Crippen molar-refractivity contribution in [3.05, 3.63) is 34.2 Å². The van der Waals surface area contributed by atoms with Crippen LogP contribution in [0.1, 0.15) is 10.4 Å². The number of aromatic nitrogens is 1. The van der Waals surface area contributed by atoms with Crippen LogP contribution in [0.25, 0.3) is 0 Å². The second-order valence-electron chi connectivity index (χ2n) is 3.85. The maximum absolute atomic E-state index is 11.5. The van der Waals surface area contributed by atoms with Gasteiger partial charge in [-0.1, -0.05) is 0 Å². The number of hydrogen-bond acceptors (Lipinski definition) is 4. The van der Waals surface area contributed by atoms with Crippen molar-refractivity contribution in [2.75, 3.05) is 19.8 Å². The number of hydrogen-bond donors (Lipinski definition) is 1. The second kappa shape index (κ2) is 5.32. The first-order valence-electron chi connectivity index (χ1n) is 5.08. The molecular weight excluding hydrogens is 260 g/mol. The maximum Gasteiger partial charge on any atom is 0.337 e. The molecule has 0 fully saturated rings. The molecule has 0 saturated heterocycles. The van der Waals surface area contributed by atoms with Gasteiger partial charge in [-0.3, -0.25) is 4.79 Å². The lowest BCUT2D eigenvalue weighted by Gasteiger charge is -2.12. The van der Waals surface area contributed by atoms with Crippen LogP contribution in [0.2, 0.25) is 0 Å². The molecule has 0 bridgehead atoms. The first-order chi connectivity index (χ1) is 8.24. The molecule has 0 unspecified atom stereocenters. The Morgan fingerprint density at radius 2 is 2.00 bits per heavy atom. The molecule has 8 heteroatoms. The van der Waals surface area contributed by atoms with E-state index in [1.165, 1.54) is 20.2 Å². The van der Waals surface area contributed by atoms with Gasteiger partial charge in [-0.25, -0.2) is 17.5 Å². The topological polar surface area (TPSA) is 96.7 Å². The molecule has 0 amide bonds. The predicted molar refractivity (Wildman–Crippen MR) is 65.1 cm³/mol. The van der Waals surface area contributed by atoms with Crippen molar-refractivity contribution in [2.45, 2.75) is 6.54 Å². The summed E-state index contributed by atoms with van der Waals surface area (Å²) in [5.74, 6) is -1.43. The van der Waals surface area contributed by atoms with Crippen LogP contribution in [-0.2, 0) is 16.6 Å². The lowest BCUT2D eigenvalue weighted by molar-refractivity contribution is 0.0696. The number of nitrogens with zero attached hydrogens (tertiary/aromatic N) is 2. The number of pyridine rings is 1. The Kier molecular flexibility index (Phi) is 4.25. The summed E-state index contributed by atoms with van der Waals surface area (Å²) in [6, 6.07) is 2.29. The lowest BCUT2D eigenvalue weighted by Crippen LogP contribution is -2.30. The zero-order valence-corrected chi connectivity index (χ0v) is 10.8. The summed E-state index contributed by atoms with van der Waals surface area (Å²) < 4.78 is 25.2. The molecule has 1 rings (SSSR count).